The summed E-state index contributed by atoms with van der Waals surface area (Å²) in [6.07, 6.45) is 2.13. The first-order valence-electron chi connectivity index (χ1n) is 12.2. The molecule has 2 aliphatic heterocycles. The van der Waals surface area contributed by atoms with Gasteiger partial charge < -0.3 is 20.3 Å². The smallest absolute Gasteiger partial charge is 0.191 e. The van der Waals surface area contributed by atoms with Crippen LogP contribution in [0.15, 0.2) is 53.5 Å². The van der Waals surface area contributed by atoms with Crippen LogP contribution in [0.2, 0.25) is 0 Å². The van der Waals surface area contributed by atoms with Gasteiger partial charge in [0.2, 0.25) is 0 Å². The monoisotopic (exact) mass is 449 g/mol. The number of rotatable bonds is 5. The van der Waals surface area contributed by atoms with Gasteiger partial charge in [0.15, 0.2) is 5.96 Å². The summed E-state index contributed by atoms with van der Waals surface area (Å²) in [5.41, 5.74) is 3.60. The largest absolute Gasteiger partial charge is 0.487 e. The van der Waals surface area contributed by atoms with Crippen LogP contribution in [0, 0.1) is 0 Å². The second-order valence-electron chi connectivity index (χ2n) is 9.98. The Kier molecular flexibility index (Phi) is 7.56. The highest BCUT2D eigenvalue weighted by atomic mass is 16.5. The number of likely N-dealkylation sites (N-methyl/N-ethyl adjacent to an activating group) is 1. The molecular weight excluding hydrogens is 410 g/mol. The minimum atomic E-state index is -0.219. The maximum atomic E-state index is 6.17. The molecular formula is C27H39N5O. The quantitative estimate of drug-likeness (QED) is 0.537. The molecule has 1 atom stereocenters. The Labute approximate surface area is 199 Å². The lowest BCUT2D eigenvalue weighted by Gasteiger charge is -2.38. The fourth-order valence-corrected chi connectivity index (χ4v) is 4.76. The molecule has 2 aromatic rings. The van der Waals surface area contributed by atoms with Crippen LogP contribution in [-0.2, 0) is 13.1 Å². The van der Waals surface area contributed by atoms with E-state index in [4.69, 9.17) is 4.74 Å². The molecule has 178 valence electrons. The summed E-state index contributed by atoms with van der Waals surface area (Å²) in [5, 5.41) is 7.10. The van der Waals surface area contributed by atoms with Crippen molar-refractivity contribution in [3.8, 4) is 5.75 Å². The van der Waals surface area contributed by atoms with Crippen molar-refractivity contribution < 1.29 is 4.74 Å². The molecule has 1 unspecified atom stereocenters. The number of aliphatic imine (C=N–C) groups is 1. The molecule has 0 saturated carbocycles. The average molecular weight is 450 g/mol. The van der Waals surface area contributed by atoms with E-state index in [2.05, 4.69) is 82.7 Å². The average Bonchev–Trinajstić information content (AvgIpc) is 3.00. The number of guanidine groups is 1. The first-order valence-corrected chi connectivity index (χ1v) is 12.2. The number of nitrogens with zero attached hydrogens (tertiary/aromatic N) is 3. The molecule has 0 spiro atoms. The number of para-hydroxylation sites is 1. The van der Waals surface area contributed by atoms with Crippen LogP contribution in [0.5, 0.6) is 5.75 Å². The first-order chi connectivity index (χ1) is 15.9. The molecule has 4 rings (SSSR count). The lowest BCUT2D eigenvalue weighted by atomic mass is 9.90. The number of hydrogen-bond donors (Lipinski definition) is 2. The maximum absolute atomic E-state index is 6.17. The van der Waals surface area contributed by atoms with Gasteiger partial charge in [-0.05, 0) is 57.6 Å². The van der Waals surface area contributed by atoms with Crippen molar-refractivity contribution in [2.24, 2.45) is 4.99 Å². The molecule has 0 amide bonds. The Bertz CT molecular complexity index is 940. The van der Waals surface area contributed by atoms with E-state index in [0.29, 0.717) is 0 Å². The molecule has 2 aliphatic rings. The molecule has 2 heterocycles. The van der Waals surface area contributed by atoms with Gasteiger partial charge in [0.1, 0.15) is 11.4 Å². The van der Waals surface area contributed by atoms with Crippen LogP contribution < -0.4 is 15.4 Å². The summed E-state index contributed by atoms with van der Waals surface area (Å²) in [7, 11) is 4.04. The van der Waals surface area contributed by atoms with E-state index in [-0.39, 0.29) is 11.6 Å². The summed E-state index contributed by atoms with van der Waals surface area (Å²) in [6, 6.07) is 17.4. The number of benzene rings is 2. The predicted molar refractivity (Wildman–Crippen MR) is 136 cm³/mol. The van der Waals surface area contributed by atoms with Gasteiger partial charge in [0, 0.05) is 45.2 Å². The molecule has 2 N–H and O–H groups in total. The lowest BCUT2D eigenvalue weighted by molar-refractivity contribution is 0.0694. The third-order valence-electron chi connectivity index (χ3n) is 6.61. The van der Waals surface area contributed by atoms with E-state index < -0.39 is 0 Å². The third kappa shape index (κ3) is 6.49. The van der Waals surface area contributed by atoms with Crippen molar-refractivity contribution in [2.45, 2.75) is 51.4 Å². The van der Waals surface area contributed by atoms with Gasteiger partial charge in [-0.15, -0.1) is 0 Å². The second-order valence-corrected chi connectivity index (χ2v) is 9.98. The standard InChI is InChI=1S/C27H39N5O/c1-27(2)18-24(23-8-5-6-9-25(23)33-27)30-26(28-3)29-19-21-10-12-22(13-11-21)20-32-15-7-14-31(4)16-17-32/h5-6,8-13,24H,7,14-20H2,1-4H3,(H2,28,29,30). The van der Waals surface area contributed by atoms with Gasteiger partial charge in [0.05, 0.1) is 6.04 Å². The van der Waals surface area contributed by atoms with Gasteiger partial charge in [-0.2, -0.15) is 0 Å². The van der Waals surface area contributed by atoms with Crippen molar-refractivity contribution in [1.29, 1.82) is 0 Å². The van der Waals surface area contributed by atoms with Gasteiger partial charge >= 0.3 is 0 Å². The number of fused-ring (bicyclic) bond motifs is 1. The van der Waals surface area contributed by atoms with Gasteiger partial charge in [-0.3, -0.25) is 9.89 Å². The SMILES string of the molecule is CN=C(NCc1ccc(CN2CCCN(C)CC2)cc1)NC1CC(C)(C)Oc2ccccc21. The van der Waals surface area contributed by atoms with E-state index in [1.807, 2.05) is 19.2 Å². The molecule has 0 aromatic heterocycles. The summed E-state index contributed by atoms with van der Waals surface area (Å²) in [6.45, 7) is 10.7. The number of hydrogen-bond acceptors (Lipinski definition) is 4. The van der Waals surface area contributed by atoms with Crippen LogP contribution in [0.3, 0.4) is 0 Å². The zero-order chi connectivity index (χ0) is 23.3. The van der Waals surface area contributed by atoms with Gasteiger partial charge in [0.25, 0.3) is 0 Å². The normalized spacial score (nSPS) is 21.6. The summed E-state index contributed by atoms with van der Waals surface area (Å²) in [4.78, 5) is 9.46. The Morgan fingerprint density at radius 1 is 1.03 bits per heavy atom. The van der Waals surface area contributed by atoms with Gasteiger partial charge in [-0.1, -0.05) is 42.5 Å². The van der Waals surface area contributed by atoms with Crippen molar-refractivity contribution in [2.75, 3.05) is 40.3 Å². The fourth-order valence-electron chi connectivity index (χ4n) is 4.76. The first kappa shape index (κ1) is 23.6. The van der Waals surface area contributed by atoms with Crippen LogP contribution >= 0.6 is 0 Å². The lowest BCUT2D eigenvalue weighted by Crippen LogP contribution is -2.45. The minimum absolute atomic E-state index is 0.159. The molecule has 0 aliphatic carbocycles. The van der Waals surface area contributed by atoms with Crippen molar-refractivity contribution in [3.63, 3.8) is 0 Å². The molecule has 0 bridgehead atoms. The molecule has 6 nitrogen and oxygen atoms in total. The summed E-state index contributed by atoms with van der Waals surface area (Å²) in [5.74, 6) is 1.76. The Morgan fingerprint density at radius 2 is 1.79 bits per heavy atom. The highest BCUT2D eigenvalue weighted by Crippen LogP contribution is 2.39. The molecule has 33 heavy (non-hydrogen) atoms. The van der Waals surface area contributed by atoms with E-state index in [9.17, 15) is 0 Å². The summed E-state index contributed by atoms with van der Waals surface area (Å²) < 4.78 is 6.17. The topological polar surface area (TPSA) is 52.1 Å². The van der Waals surface area contributed by atoms with E-state index in [1.165, 1.54) is 36.2 Å². The van der Waals surface area contributed by atoms with Crippen molar-refractivity contribution >= 4 is 5.96 Å². The zero-order valence-corrected chi connectivity index (χ0v) is 20.6. The molecule has 1 fully saturated rings. The van der Waals surface area contributed by atoms with Crippen LogP contribution in [0.1, 0.15) is 49.4 Å². The zero-order valence-electron chi connectivity index (χ0n) is 20.6. The Hall–Kier alpha value is -2.57. The maximum Gasteiger partial charge on any atom is 0.191 e. The number of ether oxygens (including phenoxy) is 1. The molecule has 1 saturated heterocycles. The highest BCUT2D eigenvalue weighted by molar-refractivity contribution is 5.80. The van der Waals surface area contributed by atoms with Crippen molar-refractivity contribution in [3.05, 3.63) is 65.2 Å². The highest BCUT2D eigenvalue weighted by Gasteiger charge is 2.33. The van der Waals surface area contributed by atoms with Crippen LogP contribution in [0.4, 0.5) is 0 Å². The van der Waals surface area contributed by atoms with E-state index in [1.54, 1.807) is 0 Å². The Morgan fingerprint density at radius 3 is 2.58 bits per heavy atom. The van der Waals surface area contributed by atoms with Crippen LogP contribution in [0.25, 0.3) is 0 Å². The van der Waals surface area contributed by atoms with Crippen molar-refractivity contribution in [1.82, 2.24) is 20.4 Å². The molecule has 0 radical (unpaired) electrons. The number of nitrogens with one attached hydrogen (secondary N) is 2. The summed E-state index contributed by atoms with van der Waals surface area (Å²) >= 11 is 0. The predicted octanol–water partition coefficient (Wildman–Crippen LogP) is 3.79. The van der Waals surface area contributed by atoms with Crippen LogP contribution in [-0.4, -0.2) is 61.6 Å². The Balaban J connectivity index is 1.32. The molecule has 2 aromatic carbocycles. The van der Waals surface area contributed by atoms with E-state index >= 15 is 0 Å². The second kappa shape index (κ2) is 10.6. The fraction of sp³-hybridized carbons (Fsp3) is 0.519. The van der Waals surface area contributed by atoms with Gasteiger partial charge in [-0.25, -0.2) is 0 Å². The van der Waals surface area contributed by atoms with E-state index in [0.717, 1.165) is 44.3 Å². The third-order valence-corrected chi connectivity index (χ3v) is 6.61. The minimum Gasteiger partial charge on any atom is -0.487 e. The molecule has 6 heteroatoms.